The number of nitrogens with zero attached hydrogens (tertiary/aromatic N) is 1. The number of hydrogen-bond acceptors (Lipinski definition) is 3. The van der Waals surface area contributed by atoms with Gasteiger partial charge in [-0.25, -0.2) is 0 Å². The van der Waals surface area contributed by atoms with E-state index in [-0.39, 0.29) is 5.91 Å². The molecule has 4 nitrogen and oxygen atoms in total. The zero-order valence-corrected chi connectivity index (χ0v) is 11.4. The second-order valence-electron chi connectivity index (χ2n) is 5.14. The molecular weight excluding hydrogens is 238 g/mol. The Kier molecular flexibility index (Phi) is 5.82. The molecule has 4 heteroatoms. The third-order valence-electron chi connectivity index (χ3n) is 3.58. The van der Waals surface area contributed by atoms with Gasteiger partial charge in [0.25, 0.3) is 0 Å². The molecule has 1 fully saturated rings. The van der Waals surface area contributed by atoms with Gasteiger partial charge in [0.2, 0.25) is 5.91 Å². The molecule has 0 aromatic carbocycles. The number of amides is 1. The van der Waals surface area contributed by atoms with Crippen LogP contribution in [0.4, 0.5) is 0 Å². The van der Waals surface area contributed by atoms with Gasteiger partial charge in [0, 0.05) is 25.2 Å². The van der Waals surface area contributed by atoms with E-state index in [1.54, 1.807) is 6.20 Å². The normalized spacial score (nSPS) is 16.2. The van der Waals surface area contributed by atoms with Gasteiger partial charge in [0.1, 0.15) is 0 Å². The number of pyridine rings is 1. The molecule has 1 aromatic heterocycles. The van der Waals surface area contributed by atoms with E-state index in [1.807, 2.05) is 18.2 Å². The summed E-state index contributed by atoms with van der Waals surface area (Å²) in [6.45, 7) is 1.29. The van der Waals surface area contributed by atoms with Crippen LogP contribution in [0.5, 0.6) is 0 Å². The van der Waals surface area contributed by atoms with Gasteiger partial charge in [-0.2, -0.15) is 0 Å². The molecule has 1 aliphatic carbocycles. The summed E-state index contributed by atoms with van der Waals surface area (Å²) in [7, 11) is 0. The Balaban J connectivity index is 1.57. The molecule has 0 atom stereocenters. The van der Waals surface area contributed by atoms with Crippen molar-refractivity contribution in [1.29, 1.82) is 0 Å². The van der Waals surface area contributed by atoms with Crippen molar-refractivity contribution in [3.05, 3.63) is 30.1 Å². The van der Waals surface area contributed by atoms with E-state index in [4.69, 9.17) is 0 Å². The second-order valence-corrected chi connectivity index (χ2v) is 5.14. The molecular formula is C15H23N3O. The molecule has 1 amide bonds. The zero-order chi connectivity index (χ0) is 13.3. The Bertz CT molecular complexity index is 374. The number of carbonyl (C=O) groups excluding carboxylic acids is 1. The van der Waals surface area contributed by atoms with E-state index in [0.717, 1.165) is 12.2 Å². The van der Waals surface area contributed by atoms with Crippen LogP contribution in [-0.2, 0) is 11.3 Å². The Morgan fingerprint density at radius 2 is 2.11 bits per heavy atom. The fourth-order valence-corrected chi connectivity index (χ4v) is 2.48. The lowest BCUT2D eigenvalue weighted by Gasteiger charge is -2.22. The molecule has 0 unspecified atom stereocenters. The van der Waals surface area contributed by atoms with Crippen LogP contribution in [-0.4, -0.2) is 23.5 Å². The van der Waals surface area contributed by atoms with Crippen molar-refractivity contribution in [3.8, 4) is 0 Å². The number of rotatable bonds is 6. The average molecular weight is 261 g/mol. The summed E-state index contributed by atoms with van der Waals surface area (Å²) in [6, 6.07) is 6.34. The van der Waals surface area contributed by atoms with Crippen LogP contribution in [0.3, 0.4) is 0 Å². The van der Waals surface area contributed by atoms with Crippen molar-refractivity contribution >= 4 is 5.91 Å². The van der Waals surface area contributed by atoms with Crippen molar-refractivity contribution in [2.45, 2.75) is 51.1 Å². The molecule has 2 N–H and O–H groups in total. The first-order valence-electron chi connectivity index (χ1n) is 7.24. The van der Waals surface area contributed by atoms with Crippen LogP contribution < -0.4 is 10.6 Å². The molecule has 104 valence electrons. The van der Waals surface area contributed by atoms with Gasteiger partial charge < -0.3 is 10.6 Å². The summed E-state index contributed by atoms with van der Waals surface area (Å²) in [4.78, 5) is 15.9. The number of carbonyl (C=O) groups is 1. The second kappa shape index (κ2) is 7.89. The van der Waals surface area contributed by atoms with Crippen LogP contribution in [0, 0.1) is 0 Å². The highest BCUT2D eigenvalue weighted by Crippen LogP contribution is 2.17. The minimum absolute atomic E-state index is 0.0916. The zero-order valence-electron chi connectivity index (χ0n) is 11.4. The minimum Gasteiger partial charge on any atom is -0.350 e. The third-order valence-corrected chi connectivity index (χ3v) is 3.58. The molecule has 0 radical (unpaired) electrons. The van der Waals surface area contributed by atoms with Crippen molar-refractivity contribution in [2.75, 3.05) is 6.54 Å². The molecule has 1 aromatic rings. The van der Waals surface area contributed by atoms with E-state index >= 15 is 0 Å². The van der Waals surface area contributed by atoms with Crippen LogP contribution in [0.25, 0.3) is 0 Å². The van der Waals surface area contributed by atoms with E-state index in [2.05, 4.69) is 15.6 Å². The quantitative estimate of drug-likeness (QED) is 0.823. The molecule has 1 heterocycles. The van der Waals surface area contributed by atoms with Gasteiger partial charge in [0.15, 0.2) is 0 Å². The molecule has 1 aliphatic rings. The summed E-state index contributed by atoms with van der Waals surface area (Å²) < 4.78 is 0. The molecule has 0 saturated heterocycles. The first kappa shape index (κ1) is 14.0. The maximum Gasteiger partial charge on any atom is 0.221 e. The summed E-state index contributed by atoms with van der Waals surface area (Å²) >= 11 is 0. The van der Waals surface area contributed by atoms with Crippen molar-refractivity contribution in [1.82, 2.24) is 15.6 Å². The van der Waals surface area contributed by atoms with E-state index in [9.17, 15) is 4.79 Å². The molecule has 0 aliphatic heterocycles. The molecule has 1 saturated carbocycles. The monoisotopic (exact) mass is 261 g/mol. The van der Waals surface area contributed by atoms with Crippen LogP contribution in [0.2, 0.25) is 0 Å². The van der Waals surface area contributed by atoms with E-state index in [0.29, 0.717) is 19.0 Å². The largest absolute Gasteiger partial charge is 0.350 e. The van der Waals surface area contributed by atoms with Crippen LogP contribution >= 0.6 is 0 Å². The van der Waals surface area contributed by atoms with Gasteiger partial charge in [-0.3, -0.25) is 9.78 Å². The predicted molar refractivity (Wildman–Crippen MR) is 75.6 cm³/mol. The van der Waals surface area contributed by atoms with Gasteiger partial charge in [-0.15, -0.1) is 0 Å². The highest BCUT2D eigenvalue weighted by Gasteiger charge is 2.12. The highest BCUT2D eigenvalue weighted by atomic mass is 16.1. The maximum atomic E-state index is 11.7. The minimum atomic E-state index is 0.0916. The van der Waals surface area contributed by atoms with Gasteiger partial charge >= 0.3 is 0 Å². The number of nitrogens with one attached hydrogen (secondary N) is 2. The van der Waals surface area contributed by atoms with Gasteiger partial charge in [-0.1, -0.05) is 25.3 Å². The molecule has 19 heavy (non-hydrogen) atoms. The predicted octanol–water partition coefficient (Wildman–Crippen LogP) is 2.01. The van der Waals surface area contributed by atoms with Crippen LogP contribution in [0.15, 0.2) is 24.4 Å². The van der Waals surface area contributed by atoms with Crippen molar-refractivity contribution in [3.63, 3.8) is 0 Å². The Morgan fingerprint density at radius 3 is 2.84 bits per heavy atom. The van der Waals surface area contributed by atoms with E-state index < -0.39 is 0 Å². The van der Waals surface area contributed by atoms with Crippen LogP contribution in [0.1, 0.15) is 44.2 Å². The summed E-state index contributed by atoms with van der Waals surface area (Å²) in [5.41, 5.74) is 0.899. The first-order valence-corrected chi connectivity index (χ1v) is 7.24. The summed E-state index contributed by atoms with van der Waals surface area (Å²) in [5.74, 6) is 0.0916. The molecule has 2 rings (SSSR count). The summed E-state index contributed by atoms with van der Waals surface area (Å²) in [5, 5.41) is 6.37. The Hall–Kier alpha value is -1.42. The lowest BCUT2D eigenvalue weighted by molar-refractivity contribution is -0.121. The Morgan fingerprint density at radius 1 is 1.26 bits per heavy atom. The molecule has 0 spiro atoms. The van der Waals surface area contributed by atoms with Crippen molar-refractivity contribution in [2.24, 2.45) is 0 Å². The van der Waals surface area contributed by atoms with Gasteiger partial charge in [0.05, 0.1) is 12.2 Å². The Labute approximate surface area is 115 Å². The number of hydrogen-bond donors (Lipinski definition) is 2. The standard InChI is InChI=1S/C15H23N3O/c19-15(18-12-14-8-4-5-10-16-14)9-11-17-13-6-2-1-3-7-13/h4-5,8,10,13,17H,1-3,6-7,9,11-12H2,(H,18,19). The average Bonchev–Trinajstić information content (AvgIpc) is 2.47. The van der Waals surface area contributed by atoms with Crippen molar-refractivity contribution < 1.29 is 4.79 Å². The van der Waals surface area contributed by atoms with Gasteiger partial charge in [-0.05, 0) is 25.0 Å². The fraction of sp³-hybridized carbons (Fsp3) is 0.600. The highest BCUT2D eigenvalue weighted by molar-refractivity contribution is 5.75. The first-order chi connectivity index (χ1) is 9.34. The lowest BCUT2D eigenvalue weighted by Crippen LogP contribution is -2.34. The molecule has 0 bridgehead atoms. The maximum absolute atomic E-state index is 11.7. The number of aromatic nitrogens is 1. The SMILES string of the molecule is O=C(CCNC1CCCCC1)NCc1ccccn1. The topological polar surface area (TPSA) is 54.0 Å². The third kappa shape index (κ3) is 5.39. The lowest BCUT2D eigenvalue weighted by atomic mass is 9.95. The smallest absolute Gasteiger partial charge is 0.221 e. The van der Waals surface area contributed by atoms with E-state index in [1.165, 1.54) is 32.1 Å². The fourth-order valence-electron chi connectivity index (χ4n) is 2.48. The summed E-state index contributed by atoms with van der Waals surface area (Å²) in [6.07, 6.45) is 8.82.